The lowest BCUT2D eigenvalue weighted by molar-refractivity contribution is 0.308. The monoisotopic (exact) mass is 393 g/mol. The van der Waals surface area contributed by atoms with Gasteiger partial charge in [0.05, 0.1) is 0 Å². The van der Waals surface area contributed by atoms with Crippen LogP contribution in [0.4, 0.5) is 0 Å². The molecule has 1 aliphatic carbocycles. The number of fused-ring (bicyclic) bond motifs is 1. The van der Waals surface area contributed by atoms with Gasteiger partial charge in [0.2, 0.25) is 0 Å². The highest BCUT2D eigenvalue weighted by Gasteiger charge is 2.13. The van der Waals surface area contributed by atoms with Crippen LogP contribution in [0.2, 0.25) is 0 Å². The topological polar surface area (TPSA) is 15.8 Å². The van der Waals surface area contributed by atoms with Crippen LogP contribution in [-0.2, 0) is 0 Å². The molecule has 1 aliphatic rings. The molecular weight excluding hydrogens is 350 g/mol. The molecule has 1 heterocycles. The first-order chi connectivity index (χ1) is 13.3. The van der Waals surface area contributed by atoms with E-state index in [1.807, 2.05) is 6.20 Å². The van der Waals surface area contributed by atoms with E-state index in [0.29, 0.717) is 0 Å². The number of aryl methyl sites for hydroxylation is 5. The quantitative estimate of drug-likeness (QED) is 0.392. The Morgan fingerprint density at radius 2 is 1.17 bits per heavy atom. The average Bonchev–Trinajstić information content (AvgIpc) is 3.02. The van der Waals surface area contributed by atoms with Crippen LogP contribution in [0.15, 0.2) is 42.6 Å². The molecule has 4 rings (SSSR count). The maximum atomic E-state index is 3.23. The minimum Gasteiger partial charge on any atom is -0.361 e. The molecule has 0 aliphatic heterocycles. The van der Waals surface area contributed by atoms with E-state index in [4.69, 9.17) is 0 Å². The highest BCUT2D eigenvalue weighted by Crippen LogP contribution is 2.27. The highest BCUT2D eigenvalue weighted by molar-refractivity contribution is 5.83. The van der Waals surface area contributed by atoms with Crippen LogP contribution in [0.3, 0.4) is 0 Å². The summed E-state index contributed by atoms with van der Waals surface area (Å²) >= 11 is 0. The maximum absolute atomic E-state index is 3.23. The number of hydrogen-bond acceptors (Lipinski definition) is 0. The lowest BCUT2D eigenvalue weighted by Gasteiger charge is -2.22. The third-order valence-corrected chi connectivity index (χ3v) is 6.01. The number of hydrogen-bond donors (Lipinski definition) is 1. The van der Waals surface area contributed by atoms with Gasteiger partial charge in [-0.3, -0.25) is 0 Å². The summed E-state index contributed by atoms with van der Waals surface area (Å²) in [6.07, 6.45) is 7.94. The molecule has 0 spiro atoms. The minimum absolute atomic E-state index is 0. The molecule has 3 aromatic rings. The van der Waals surface area contributed by atoms with Crippen molar-refractivity contribution in [3.63, 3.8) is 0 Å². The predicted molar refractivity (Wildman–Crippen MR) is 132 cm³/mol. The number of aromatic amines is 1. The second-order valence-electron chi connectivity index (χ2n) is 8.97. The van der Waals surface area contributed by atoms with E-state index >= 15 is 0 Å². The van der Waals surface area contributed by atoms with Crippen LogP contribution in [0.1, 0.15) is 74.8 Å². The van der Waals surface area contributed by atoms with Crippen LogP contribution in [0.5, 0.6) is 0 Å². The highest BCUT2D eigenvalue weighted by atomic mass is 14.7. The standard InChI is InChI=1S/C10H11N.C9H12.C8H16.CH4/c1-7-3-4-9-8(2)6-11-10(9)5-7;1-7-4-5-8(2)9(3)6-7;1-7-3-5-8(2)6-4-7;/h3-6,11H,1-2H3;4-6H,1-3H3;7-8H,3-6H2,1-2H3;1H4. The van der Waals surface area contributed by atoms with Gasteiger partial charge in [0.1, 0.15) is 0 Å². The smallest absolute Gasteiger partial charge is 0.0459 e. The number of benzene rings is 2. The van der Waals surface area contributed by atoms with E-state index in [1.165, 1.54) is 64.4 Å². The molecule has 0 atom stereocenters. The van der Waals surface area contributed by atoms with Gasteiger partial charge in [0, 0.05) is 17.1 Å². The first-order valence-electron chi connectivity index (χ1n) is 10.8. The summed E-state index contributed by atoms with van der Waals surface area (Å²) in [5, 5.41) is 1.33. The summed E-state index contributed by atoms with van der Waals surface area (Å²) in [7, 11) is 0. The molecule has 1 aromatic heterocycles. The molecule has 1 saturated carbocycles. The Hall–Kier alpha value is -2.02. The fraction of sp³-hybridized carbons (Fsp3) is 0.500. The molecule has 1 nitrogen and oxygen atoms in total. The zero-order chi connectivity index (χ0) is 20.7. The van der Waals surface area contributed by atoms with Crippen molar-refractivity contribution in [1.29, 1.82) is 0 Å². The van der Waals surface area contributed by atoms with E-state index in [2.05, 4.69) is 89.8 Å². The molecular formula is C28H43N. The van der Waals surface area contributed by atoms with Gasteiger partial charge in [-0.2, -0.15) is 0 Å². The van der Waals surface area contributed by atoms with Crippen molar-refractivity contribution in [2.24, 2.45) is 11.8 Å². The van der Waals surface area contributed by atoms with Crippen molar-refractivity contribution in [1.82, 2.24) is 4.98 Å². The lowest BCUT2D eigenvalue weighted by atomic mass is 9.84. The third kappa shape index (κ3) is 8.09. The van der Waals surface area contributed by atoms with Crippen LogP contribution in [0, 0.1) is 46.5 Å². The first-order valence-corrected chi connectivity index (χ1v) is 10.8. The second-order valence-corrected chi connectivity index (χ2v) is 8.97. The summed E-state index contributed by atoms with van der Waals surface area (Å²) in [5.74, 6) is 2.04. The van der Waals surface area contributed by atoms with Crippen molar-refractivity contribution >= 4 is 10.9 Å². The molecule has 0 bridgehead atoms. The average molecular weight is 394 g/mol. The molecule has 29 heavy (non-hydrogen) atoms. The summed E-state index contributed by atoms with van der Waals surface area (Å²) in [5.41, 5.74) is 7.97. The Bertz CT molecular complexity index is 853. The van der Waals surface area contributed by atoms with Crippen LogP contribution in [0.25, 0.3) is 10.9 Å². The fourth-order valence-electron chi connectivity index (χ4n) is 3.70. The van der Waals surface area contributed by atoms with E-state index in [-0.39, 0.29) is 7.43 Å². The number of aromatic nitrogens is 1. The molecule has 0 unspecified atom stereocenters. The van der Waals surface area contributed by atoms with Crippen molar-refractivity contribution in [3.8, 4) is 0 Å². The Labute approximate surface area is 180 Å². The number of nitrogens with one attached hydrogen (secondary N) is 1. The normalized spacial score (nSPS) is 18.0. The van der Waals surface area contributed by atoms with Gasteiger partial charge >= 0.3 is 0 Å². The Morgan fingerprint density at radius 3 is 1.69 bits per heavy atom. The summed E-state index contributed by atoms with van der Waals surface area (Å²) < 4.78 is 0. The zero-order valence-electron chi connectivity index (χ0n) is 19.0. The summed E-state index contributed by atoms with van der Waals surface area (Å²) in [6.45, 7) is 15.4. The van der Waals surface area contributed by atoms with Crippen LogP contribution < -0.4 is 0 Å². The molecule has 0 saturated heterocycles. The number of H-pyrrole nitrogens is 1. The first kappa shape index (κ1) is 25.0. The molecule has 2 aromatic carbocycles. The van der Waals surface area contributed by atoms with Gasteiger partial charge in [-0.25, -0.2) is 0 Å². The zero-order valence-corrected chi connectivity index (χ0v) is 19.0. The van der Waals surface area contributed by atoms with Gasteiger partial charge in [0.25, 0.3) is 0 Å². The molecule has 160 valence electrons. The number of rotatable bonds is 0. The fourth-order valence-corrected chi connectivity index (χ4v) is 3.70. The summed E-state index contributed by atoms with van der Waals surface area (Å²) in [4.78, 5) is 3.23. The Kier molecular flexibility index (Phi) is 10.2. The molecule has 1 N–H and O–H groups in total. The van der Waals surface area contributed by atoms with Gasteiger partial charge in [-0.15, -0.1) is 0 Å². The van der Waals surface area contributed by atoms with Gasteiger partial charge < -0.3 is 4.98 Å². The van der Waals surface area contributed by atoms with E-state index in [0.717, 1.165) is 11.8 Å². The largest absolute Gasteiger partial charge is 0.361 e. The Balaban J connectivity index is 0.000000217. The van der Waals surface area contributed by atoms with Crippen molar-refractivity contribution in [3.05, 3.63) is 70.4 Å². The molecule has 0 amide bonds. The van der Waals surface area contributed by atoms with Gasteiger partial charge in [-0.05, 0) is 74.8 Å². The predicted octanol–water partition coefficient (Wildman–Crippen LogP) is 8.87. The SMILES string of the molecule is C.CC1CCC(C)CC1.Cc1ccc(C)c(C)c1.Cc1ccc2c(C)c[nH]c2c1. The second kappa shape index (κ2) is 11.9. The summed E-state index contributed by atoms with van der Waals surface area (Å²) in [6, 6.07) is 13.0. The van der Waals surface area contributed by atoms with Crippen LogP contribution in [-0.4, -0.2) is 4.98 Å². The minimum atomic E-state index is 0. The lowest BCUT2D eigenvalue weighted by Crippen LogP contribution is -2.08. The van der Waals surface area contributed by atoms with E-state index in [9.17, 15) is 0 Å². The van der Waals surface area contributed by atoms with Gasteiger partial charge in [0.15, 0.2) is 0 Å². The van der Waals surface area contributed by atoms with Crippen molar-refractivity contribution in [2.45, 2.75) is 81.6 Å². The molecule has 0 radical (unpaired) electrons. The third-order valence-electron chi connectivity index (χ3n) is 6.01. The van der Waals surface area contributed by atoms with Crippen molar-refractivity contribution in [2.75, 3.05) is 0 Å². The van der Waals surface area contributed by atoms with E-state index in [1.54, 1.807) is 0 Å². The van der Waals surface area contributed by atoms with Gasteiger partial charge in [-0.1, -0.05) is 82.9 Å². The van der Waals surface area contributed by atoms with Crippen LogP contribution >= 0.6 is 0 Å². The van der Waals surface area contributed by atoms with Crippen molar-refractivity contribution < 1.29 is 0 Å². The maximum Gasteiger partial charge on any atom is 0.0459 e. The van der Waals surface area contributed by atoms with E-state index < -0.39 is 0 Å². The molecule has 1 fully saturated rings. The molecule has 1 heteroatoms. The Morgan fingerprint density at radius 1 is 0.655 bits per heavy atom.